The van der Waals surface area contributed by atoms with Crippen LogP contribution in [0.5, 0.6) is 0 Å². The molecule has 1 fully saturated rings. The van der Waals surface area contributed by atoms with E-state index < -0.39 is 0 Å². The molecule has 4 heteroatoms. The van der Waals surface area contributed by atoms with Crippen LogP contribution >= 0.6 is 0 Å². The maximum absolute atomic E-state index is 12.3. The Kier molecular flexibility index (Phi) is 5.49. The van der Waals surface area contributed by atoms with Gasteiger partial charge in [-0.05, 0) is 42.5 Å². The molecular weight excluding hydrogens is 312 g/mol. The molecule has 0 radical (unpaired) electrons. The number of nitrogens with zero attached hydrogens (tertiary/aromatic N) is 1. The fraction of sp³-hybridized carbons (Fsp3) is 0.333. The van der Waals surface area contributed by atoms with Gasteiger partial charge in [-0.15, -0.1) is 0 Å². The van der Waals surface area contributed by atoms with Gasteiger partial charge in [0.25, 0.3) is 0 Å². The fourth-order valence-corrected chi connectivity index (χ4v) is 3.13. The maximum Gasteiger partial charge on any atom is 0.227 e. The Morgan fingerprint density at radius 2 is 1.80 bits per heavy atom. The lowest BCUT2D eigenvalue weighted by Gasteiger charge is -2.20. The zero-order chi connectivity index (χ0) is 17.6. The molecule has 4 nitrogen and oxygen atoms in total. The van der Waals surface area contributed by atoms with Gasteiger partial charge in [-0.1, -0.05) is 43.3 Å². The van der Waals surface area contributed by atoms with Crippen molar-refractivity contribution in [3.63, 3.8) is 0 Å². The van der Waals surface area contributed by atoms with Crippen molar-refractivity contribution in [1.82, 2.24) is 0 Å². The van der Waals surface area contributed by atoms with Crippen LogP contribution < -0.4 is 10.2 Å². The smallest absolute Gasteiger partial charge is 0.227 e. The first-order chi connectivity index (χ1) is 12.2. The van der Waals surface area contributed by atoms with E-state index in [0.29, 0.717) is 24.9 Å². The lowest BCUT2D eigenvalue weighted by molar-refractivity contribution is -0.117. The molecule has 0 unspecified atom stereocenters. The number of benzene rings is 2. The SMILES string of the molecule is CCc1ccc(CCC(=O)Nc2ccccc2N2CCCC2=O)cc1. The van der Waals surface area contributed by atoms with Crippen LogP contribution in [0.3, 0.4) is 0 Å². The van der Waals surface area contributed by atoms with Gasteiger partial charge in [0.15, 0.2) is 0 Å². The highest BCUT2D eigenvalue weighted by molar-refractivity contribution is 6.02. The maximum atomic E-state index is 12.3. The summed E-state index contributed by atoms with van der Waals surface area (Å²) in [5.74, 6) is 0.0939. The summed E-state index contributed by atoms with van der Waals surface area (Å²) in [6.07, 6.45) is 3.60. The molecule has 1 N–H and O–H groups in total. The topological polar surface area (TPSA) is 49.4 Å². The highest BCUT2D eigenvalue weighted by atomic mass is 16.2. The molecular formula is C21H24N2O2. The number of carbonyl (C=O) groups is 2. The van der Waals surface area contributed by atoms with Crippen LogP contribution in [0.15, 0.2) is 48.5 Å². The Morgan fingerprint density at radius 3 is 2.48 bits per heavy atom. The summed E-state index contributed by atoms with van der Waals surface area (Å²) >= 11 is 0. The average molecular weight is 336 g/mol. The van der Waals surface area contributed by atoms with Crippen LogP contribution in [-0.2, 0) is 22.4 Å². The number of carbonyl (C=O) groups excluding carboxylic acids is 2. The fourth-order valence-electron chi connectivity index (χ4n) is 3.13. The van der Waals surface area contributed by atoms with Gasteiger partial charge < -0.3 is 10.2 Å². The molecule has 1 saturated heterocycles. The molecule has 0 atom stereocenters. The summed E-state index contributed by atoms with van der Waals surface area (Å²) in [6.45, 7) is 2.85. The molecule has 0 aliphatic carbocycles. The van der Waals surface area contributed by atoms with Gasteiger partial charge in [-0.25, -0.2) is 0 Å². The molecule has 1 aliphatic heterocycles. The number of amides is 2. The van der Waals surface area contributed by atoms with Crippen LogP contribution in [0, 0.1) is 0 Å². The Balaban J connectivity index is 1.62. The molecule has 2 aromatic carbocycles. The molecule has 2 amide bonds. The van der Waals surface area contributed by atoms with Crippen LogP contribution in [0.2, 0.25) is 0 Å². The summed E-state index contributed by atoms with van der Waals surface area (Å²) in [4.78, 5) is 26.1. The minimum atomic E-state index is -0.0290. The lowest BCUT2D eigenvalue weighted by atomic mass is 10.1. The van der Waals surface area contributed by atoms with Crippen molar-refractivity contribution in [2.45, 2.75) is 39.0 Å². The Morgan fingerprint density at radius 1 is 1.08 bits per heavy atom. The number of para-hydroxylation sites is 2. The van der Waals surface area contributed by atoms with Crippen LogP contribution in [0.4, 0.5) is 11.4 Å². The van der Waals surface area contributed by atoms with E-state index in [1.54, 1.807) is 4.90 Å². The van der Waals surface area contributed by atoms with E-state index >= 15 is 0 Å². The van der Waals surface area contributed by atoms with Crippen LogP contribution in [0.25, 0.3) is 0 Å². The summed E-state index contributed by atoms with van der Waals surface area (Å²) in [7, 11) is 0. The summed E-state index contributed by atoms with van der Waals surface area (Å²) < 4.78 is 0. The normalized spacial score (nSPS) is 14.0. The number of anilines is 2. The largest absolute Gasteiger partial charge is 0.324 e. The zero-order valence-electron chi connectivity index (χ0n) is 14.6. The Hall–Kier alpha value is -2.62. The molecule has 0 aromatic heterocycles. The van der Waals surface area contributed by atoms with Crippen LogP contribution in [-0.4, -0.2) is 18.4 Å². The quantitative estimate of drug-likeness (QED) is 0.868. The Bertz CT molecular complexity index is 753. The predicted octanol–water partition coefficient (Wildman–Crippen LogP) is 3.95. The number of rotatable bonds is 6. The minimum absolute atomic E-state index is 0.0290. The molecule has 25 heavy (non-hydrogen) atoms. The Labute approximate surface area is 148 Å². The zero-order valence-corrected chi connectivity index (χ0v) is 14.6. The third-order valence-corrected chi connectivity index (χ3v) is 4.61. The number of aryl methyl sites for hydroxylation is 2. The molecule has 1 aliphatic rings. The van der Waals surface area contributed by atoms with Gasteiger partial charge in [0.1, 0.15) is 0 Å². The van der Waals surface area contributed by atoms with Gasteiger partial charge in [0.05, 0.1) is 11.4 Å². The highest BCUT2D eigenvalue weighted by Crippen LogP contribution is 2.29. The minimum Gasteiger partial charge on any atom is -0.324 e. The van der Waals surface area contributed by atoms with E-state index in [2.05, 4.69) is 36.5 Å². The van der Waals surface area contributed by atoms with E-state index in [-0.39, 0.29) is 11.8 Å². The molecule has 0 saturated carbocycles. The standard InChI is InChI=1S/C21H24N2O2/c1-2-16-9-11-17(12-10-16)13-14-20(24)22-18-6-3-4-7-19(18)23-15-5-8-21(23)25/h3-4,6-7,9-12H,2,5,8,13-15H2,1H3,(H,22,24). The van der Waals surface area contributed by atoms with E-state index in [1.165, 1.54) is 5.56 Å². The van der Waals surface area contributed by atoms with Crippen LogP contribution in [0.1, 0.15) is 37.3 Å². The van der Waals surface area contributed by atoms with Gasteiger partial charge in [-0.3, -0.25) is 9.59 Å². The van der Waals surface area contributed by atoms with E-state index in [0.717, 1.165) is 30.6 Å². The van der Waals surface area contributed by atoms with Crippen molar-refractivity contribution in [3.8, 4) is 0 Å². The number of nitrogens with one attached hydrogen (secondary N) is 1. The molecule has 0 bridgehead atoms. The average Bonchev–Trinajstić information content (AvgIpc) is 3.07. The second-order valence-corrected chi connectivity index (χ2v) is 6.38. The second-order valence-electron chi connectivity index (χ2n) is 6.38. The third-order valence-electron chi connectivity index (χ3n) is 4.61. The van der Waals surface area contributed by atoms with E-state index in [4.69, 9.17) is 0 Å². The summed E-state index contributed by atoms with van der Waals surface area (Å²) in [6, 6.07) is 15.9. The molecule has 2 aromatic rings. The van der Waals surface area contributed by atoms with Crippen molar-refractivity contribution in [2.24, 2.45) is 0 Å². The highest BCUT2D eigenvalue weighted by Gasteiger charge is 2.24. The lowest BCUT2D eigenvalue weighted by Crippen LogP contribution is -2.25. The van der Waals surface area contributed by atoms with Crippen molar-refractivity contribution >= 4 is 23.2 Å². The van der Waals surface area contributed by atoms with E-state index in [1.807, 2.05) is 24.3 Å². The van der Waals surface area contributed by atoms with Gasteiger partial charge in [0, 0.05) is 19.4 Å². The summed E-state index contributed by atoms with van der Waals surface area (Å²) in [5, 5.41) is 2.97. The first kappa shape index (κ1) is 17.2. The molecule has 0 spiro atoms. The first-order valence-corrected chi connectivity index (χ1v) is 8.94. The van der Waals surface area contributed by atoms with Crippen molar-refractivity contribution < 1.29 is 9.59 Å². The van der Waals surface area contributed by atoms with Crippen molar-refractivity contribution in [2.75, 3.05) is 16.8 Å². The first-order valence-electron chi connectivity index (χ1n) is 8.94. The van der Waals surface area contributed by atoms with Gasteiger partial charge in [0.2, 0.25) is 11.8 Å². The number of hydrogen-bond acceptors (Lipinski definition) is 2. The molecule has 130 valence electrons. The van der Waals surface area contributed by atoms with Crippen molar-refractivity contribution in [3.05, 3.63) is 59.7 Å². The molecule has 3 rings (SSSR count). The van der Waals surface area contributed by atoms with Crippen molar-refractivity contribution in [1.29, 1.82) is 0 Å². The third kappa shape index (κ3) is 4.27. The van der Waals surface area contributed by atoms with E-state index in [9.17, 15) is 9.59 Å². The van der Waals surface area contributed by atoms with Gasteiger partial charge in [-0.2, -0.15) is 0 Å². The predicted molar refractivity (Wildman–Crippen MR) is 101 cm³/mol. The molecule has 1 heterocycles. The van der Waals surface area contributed by atoms with Gasteiger partial charge >= 0.3 is 0 Å². The second kappa shape index (κ2) is 7.97. The number of hydrogen-bond donors (Lipinski definition) is 1. The summed E-state index contributed by atoms with van der Waals surface area (Å²) in [5.41, 5.74) is 3.97. The monoisotopic (exact) mass is 336 g/mol.